The molecule has 19 heavy (non-hydrogen) atoms. The van der Waals surface area contributed by atoms with Crippen LogP contribution in [0.2, 0.25) is 0 Å². The van der Waals surface area contributed by atoms with Gasteiger partial charge in [-0.1, -0.05) is 29.5 Å². The Morgan fingerprint density at radius 3 is 2.84 bits per heavy atom. The van der Waals surface area contributed by atoms with Crippen molar-refractivity contribution in [2.45, 2.75) is 13.1 Å². The van der Waals surface area contributed by atoms with Crippen LogP contribution in [0.5, 0.6) is 5.75 Å². The van der Waals surface area contributed by atoms with Crippen LogP contribution in [0.1, 0.15) is 11.1 Å². The van der Waals surface area contributed by atoms with E-state index in [0.29, 0.717) is 13.1 Å². The van der Waals surface area contributed by atoms with Crippen molar-refractivity contribution in [2.75, 3.05) is 7.11 Å². The van der Waals surface area contributed by atoms with E-state index in [-0.39, 0.29) is 9.92 Å². The van der Waals surface area contributed by atoms with E-state index in [1.807, 2.05) is 24.3 Å². The highest BCUT2D eigenvalue weighted by atomic mass is 32.1. The van der Waals surface area contributed by atoms with Gasteiger partial charge in [-0.3, -0.25) is 10.1 Å². The number of nitro groups is 1. The summed E-state index contributed by atoms with van der Waals surface area (Å²) in [7, 11) is 1.64. The molecule has 0 fully saturated rings. The van der Waals surface area contributed by atoms with E-state index in [9.17, 15) is 10.1 Å². The Labute approximate surface area is 115 Å². The van der Waals surface area contributed by atoms with Gasteiger partial charge in [-0.2, -0.15) is 0 Å². The molecule has 0 aliphatic carbocycles. The van der Waals surface area contributed by atoms with E-state index in [0.717, 1.165) is 28.2 Å². The molecule has 0 atom stereocenters. The summed E-state index contributed by atoms with van der Waals surface area (Å²) in [6.45, 7) is 1.26. The fourth-order valence-corrected chi connectivity index (χ4v) is 2.47. The van der Waals surface area contributed by atoms with Crippen molar-refractivity contribution in [3.63, 3.8) is 0 Å². The van der Waals surface area contributed by atoms with Crippen LogP contribution >= 0.6 is 11.3 Å². The van der Waals surface area contributed by atoms with Crippen molar-refractivity contribution in [3.05, 3.63) is 57.0 Å². The Morgan fingerprint density at radius 1 is 1.37 bits per heavy atom. The highest BCUT2D eigenvalue weighted by Crippen LogP contribution is 2.22. The lowest BCUT2D eigenvalue weighted by molar-refractivity contribution is -0.380. The Hall–Kier alpha value is -1.92. The molecule has 0 aliphatic heterocycles. The number of thiophene rings is 1. The zero-order valence-electron chi connectivity index (χ0n) is 10.5. The number of hydrogen-bond acceptors (Lipinski definition) is 5. The molecule has 0 unspecified atom stereocenters. The second-order valence-corrected chi connectivity index (χ2v) is 4.86. The molecule has 0 bridgehead atoms. The van der Waals surface area contributed by atoms with Crippen molar-refractivity contribution >= 4 is 16.3 Å². The van der Waals surface area contributed by atoms with Crippen LogP contribution in [0.3, 0.4) is 0 Å². The van der Waals surface area contributed by atoms with E-state index in [1.54, 1.807) is 18.6 Å². The molecule has 100 valence electrons. The van der Waals surface area contributed by atoms with Gasteiger partial charge in [0.05, 0.1) is 12.0 Å². The average molecular weight is 278 g/mol. The Balaban J connectivity index is 1.90. The molecule has 5 nitrogen and oxygen atoms in total. The summed E-state index contributed by atoms with van der Waals surface area (Å²) in [4.78, 5) is 10.2. The fourth-order valence-electron chi connectivity index (χ4n) is 1.74. The number of benzene rings is 1. The minimum Gasteiger partial charge on any atom is -0.496 e. The Kier molecular flexibility index (Phi) is 4.48. The monoisotopic (exact) mass is 278 g/mol. The molecule has 2 aromatic rings. The largest absolute Gasteiger partial charge is 0.496 e. The van der Waals surface area contributed by atoms with E-state index in [2.05, 4.69) is 5.32 Å². The lowest BCUT2D eigenvalue weighted by Crippen LogP contribution is -2.12. The summed E-state index contributed by atoms with van der Waals surface area (Å²) < 4.78 is 5.26. The second kappa shape index (κ2) is 6.31. The predicted molar refractivity (Wildman–Crippen MR) is 74.5 cm³/mol. The van der Waals surface area contributed by atoms with Gasteiger partial charge in [0.15, 0.2) is 0 Å². The highest BCUT2D eigenvalue weighted by molar-refractivity contribution is 7.13. The summed E-state index contributed by atoms with van der Waals surface area (Å²) in [5.74, 6) is 0.839. The minimum atomic E-state index is -0.367. The third-order valence-corrected chi connectivity index (χ3v) is 3.59. The molecule has 1 aromatic carbocycles. The molecular weight excluding hydrogens is 264 g/mol. The van der Waals surface area contributed by atoms with E-state index in [4.69, 9.17) is 4.74 Å². The summed E-state index contributed by atoms with van der Waals surface area (Å²) in [5.41, 5.74) is 1.99. The molecule has 0 radical (unpaired) electrons. The SMILES string of the molecule is COc1ccccc1CNCc1csc([N+](=O)[O-])c1. The van der Waals surface area contributed by atoms with Gasteiger partial charge < -0.3 is 10.1 Å². The van der Waals surface area contributed by atoms with Gasteiger partial charge in [-0.15, -0.1) is 0 Å². The lowest BCUT2D eigenvalue weighted by Gasteiger charge is -2.08. The number of nitrogens with zero attached hydrogens (tertiary/aromatic N) is 1. The predicted octanol–water partition coefficient (Wildman–Crippen LogP) is 2.95. The van der Waals surface area contributed by atoms with Gasteiger partial charge in [-0.05, 0) is 11.6 Å². The molecule has 6 heteroatoms. The molecular formula is C13H14N2O3S. The van der Waals surface area contributed by atoms with Gasteiger partial charge in [0, 0.05) is 30.1 Å². The van der Waals surface area contributed by atoms with Crippen LogP contribution in [0.15, 0.2) is 35.7 Å². The van der Waals surface area contributed by atoms with Crippen LogP contribution in [0, 0.1) is 10.1 Å². The third-order valence-electron chi connectivity index (χ3n) is 2.66. The smallest absolute Gasteiger partial charge is 0.324 e. The molecule has 0 saturated carbocycles. The van der Waals surface area contributed by atoms with Crippen molar-refractivity contribution in [1.82, 2.24) is 5.32 Å². The number of rotatable bonds is 6. The molecule has 1 N–H and O–H groups in total. The molecule has 0 saturated heterocycles. The second-order valence-electron chi connectivity index (χ2n) is 3.97. The third kappa shape index (κ3) is 3.52. The Bertz CT molecular complexity index is 569. The fraction of sp³-hybridized carbons (Fsp3) is 0.231. The molecule has 1 heterocycles. The molecule has 2 rings (SSSR count). The van der Waals surface area contributed by atoms with Crippen LogP contribution in [0.4, 0.5) is 5.00 Å². The summed E-state index contributed by atoms with van der Waals surface area (Å²) in [5, 5.41) is 15.8. The normalized spacial score (nSPS) is 10.4. The minimum absolute atomic E-state index is 0.175. The number of hydrogen-bond donors (Lipinski definition) is 1. The van der Waals surface area contributed by atoms with Crippen LogP contribution in [-0.4, -0.2) is 12.0 Å². The topological polar surface area (TPSA) is 64.4 Å². The zero-order chi connectivity index (χ0) is 13.7. The first kappa shape index (κ1) is 13.5. The van der Waals surface area contributed by atoms with Gasteiger partial charge in [0.2, 0.25) is 0 Å². The zero-order valence-corrected chi connectivity index (χ0v) is 11.3. The number of ether oxygens (including phenoxy) is 1. The van der Waals surface area contributed by atoms with Gasteiger partial charge in [0.1, 0.15) is 5.75 Å². The molecule has 0 amide bonds. The first-order chi connectivity index (χ1) is 9.20. The first-order valence-electron chi connectivity index (χ1n) is 5.75. The Morgan fingerprint density at radius 2 is 2.16 bits per heavy atom. The van der Waals surface area contributed by atoms with Gasteiger partial charge in [0.25, 0.3) is 0 Å². The quantitative estimate of drug-likeness (QED) is 0.651. The van der Waals surface area contributed by atoms with E-state index < -0.39 is 0 Å². The van der Waals surface area contributed by atoms with E-state index >= 15 is 0 Å². The first-order valence-corrected chi connectivity index (χ1v) is 6.63. The van der Waals surface area contributed by atoms with Gasteiger partial charge in [-0.25, -0.2) is 0 Å². The molecule has 0 aliphatic rings. The standard InChI is InChI=1S/C13H14N2O3S/c1-18-12-5-3-2-4-11(12)8-14-7-10-6-13(15(16)17)19-9-10/h2-6,9,14H,7-8H2,1H3. The van der Waals surface area contributed by atoms with Gasteiger partial charge >= 0.3 is 5.00 Å². The van der Waals surface area contributed by atoms with Crippen molar-refractivity contribution < 1.29 is 9.66 Å². The highest BCUT2D eigenvalue weighted by Gasteiger charge is 2.09. The molecule has 0 spiro atoms. The van der Waals surface area contributed by atoms with Crippen molar-refractivity contribution in [3.8, 4) is 5.75 Å². The maximum atomic E-state index is 10.6. The van der Waals surface area contributed by atoms with Crippen molar-refractivity contribution in [1.29, 1.82) is 0 Å². The lowest BCUT2D eigenvalue weighted by atomic mass is 10.2. The number of nitrogens with one attached hydrogen (secondary N) is 1. The maximum absolute atomic E-state index is 10.6. The van der Waals surface area contributed by atoms with Crippen LogP contribution < -0.4 is 10.1 Å². The van der Waals surface area contributed by atoms with E-state index in [1.165, 1.54) is 0 Å². The average Bonchev–Trinajstić information content (AvgIpc) is 2.88. The summed E-state index contributed by atoms with van der Waals surface area (Å²) in [6.07, 6.45) is 0. The molecule has 1 aromatic heterocycles. The summed E-state index contributed by atoms with van der Waals surface area (Å²) >= 11 is 1.15. The number of para-hydroxylation sites is 1. The van der Waals surface area contributed by atoms with Crippen LogP contribution in [0.25, 0.3) is 0 Å². The number of methoxy groups -OCH3 is 1. The van der Waals surface area contributed by atoms with Crippen molar-refractivity contribution in [2.24, 2.45) is 0 Å². The summed E-state index contributed by atoms with van der Waals surface area (Å²) in [6, 6.07) is 9.37. The van der Waals surface area contributed by atoms with Crippen LogP contribution in [-0.2, 0) is 13.1 Å². The maximum Gasteiger partial charge on any atom is 0.324 e.